The zero-order chi connectivity index (χ0) is 20.5. The van der Waals surface area contributed by atoms with E-state index in [1.54, 1.807) is 0 Å². The summed E-state index contributed by atoms with van der Waals surface area (Å²) in [4.78, 5) is 20.8. The Bertz CT molecular complexity index is 1410. The van der Waals surface area contributed by atoms with Crippen LogP contribution in [0.3, 0.4) is 0 Å². The zero-order valence-electron chi connectivity index (χ0n) is 16.0. The second-order valence-corrected chi connectivity index (χ2v) is 8.01. The SMILES string of the molecule is O=c1[nH]c2ccccc2cc1-c1cc(-c2ccccc2)nc(-c2ccc(Br)cc2)c1. The summed E-state index contributed by atoms with van der Waals surface area (Å²) in [6.45, 7) is 0. The molecule has 0 atom stereocenters. The molecule has 30 heavy (non-hydrogen) atoms. The summed E-state index contributed by atoms with van der Waals surface area (Å²) in [5, 5.41) is 0.996. The Morgan fingerprint density at radius 2 is 1.30 bits per heavy atom. The third-order valence-corrected chi connectivity index (χ3v) is 5.63. The lowest BCUT2D eigenvalue weighted by atomic mass is 10.00. The van der Waals surface area contributed by atoms with E-state index in [0.717, 1.165) is 43.5 Å². The summed E-state index contributed by atoms with van der Waals surface area (Å²) in [6, 6.07) is 31.8. The van der Waals surface area contributed by atoms with Crippen LogP contribution in [-0.4, -0.2) is 9.97 Å². The Hall–Kier alpha value is -3.50. The number of pyridine rings is 2. The van der Waals surface area contributed by atoms with Crippen molar-refractivity contribution in [2.24, 2.45) is 0 Å². The number of aromatic amines is 1. The summed E-state index contributed by atoms with van der Waals surface area (Å²) in [7, 11) is 0. The number of halogens is 1. The van der Waals surface area contributed by atoms with Crippen molar-refractivity contribution >= 4 is 26.8 Å². The topological polar surface area (TPSA) is 45.8 Å². The first-order valence-electron chi connectivity index (χ1n) is 9.63. The molecule has 2 aromatic heterocycles. The number of para-hydroxylation sites is 1. The van der Waals surface area contributed by atoms with Gasteiger partial charge in [0.25, 0.3) is 5.56 Å². The smallest absolute Gasteiger partial charge is 0.256 e. The van der Waals surface area contributed by atoms with Gasteiger partial charge in [0.2, 0.25) is 0 Å². The van der Waals surface area contributed by atoms with Gasteiger partial charge in [-0.3, -0.25) is 4.79 Å². The highest BCUT2D eigenvalue weighted by atomic mass is 79.9. The quantitative estimate of drug-likeness (QED) is 0.331. The predicted molar refractivity (Wildman–Crippen MR) is 126 cm³/mol. The highest BCUT2D eigenvalue weighted by Gasteiger charge is 2.12. The van der Waals surface area contributed by atoms with Gasteiger partial charge in [0, 0.05) is 26.7 Å². The molecule has 2 heterocycles. The molecule has 0 aliphatic heterocycles. The zero-order valence-corrected chi connectivity index (χ0v) is 17.6. The van der Waals surface area contributed by atoms with Crippen LogP contribution >= 0.6 is 15.9 Å². The third-order valence-electron chi connectivity index (χ3n) is 5.10. The van der Waals surface area contributed by atoms with Gasteiger partial charge in [0.05, 0.1) is 11.4 Å². The Morgan fingerprint density at radius 1 is 0.667 bits per heavy atom. The van der Waals surface area contributed by atoms with E-state index in [2.05, 4.69) is 20.9 Å². The van der Waals surface area contributed by atoms with Gasteiger partial charge in [-0.15, -0.1) is 0 Å². The second-order valence-electron chi connectivity index (χ2n) is 7.10. The standard InChI is InChI=1S/C26H17BrN2O/c27-21-12-10-18(11-13-21)25-16-20(15-24(28-25)17-6-2-1-3-7-17)22-14-19-8-4-5-9-23(19)29-26(22)30/h1-16H,(H,29,30). The van der Waals surface area contributed by atoms with Crippen LogP contribution in [0.1, 0.15) is 0 Å². The van der Waals surface area contributed by atoms with Crippen molar-refractivity contribution in [1.29, 1.82) is 0 Å². The van der Waals surface area contributed by atoms with E-state index in [1.807, 2.05) is 97.1 Å². The molecule has 144 valence electrons. The van der Waals surface area contributed by atoms with E-state index < -0.39 is 0 Å². The van der Waals surface area contributed by atoms with E-state index in [-0.39, 0.29) is 5.56 Å². The van der Waals surface area contributed by atoms with Gasteiger partial charge in [0.15, 0.2) is 0 Å². The van der Waals surface area contributed by atoms with Gasteiger partial charge >= 0.3 is 0 Å². The molecule has 0 aliphatic carbocycles. The molecule has 4 heteroatoms. The maximum atomic E-state index is 12.9. The second kappa shape index (κ2) is 7.73. The number of nitrogens with one attached hydrogen (secondary N) is 1. The van der Waals surface area contributed by atoms with Crippen LogP contribution in [0.25, 0.3) is 44.5 Å². The van der Waals surface area contributed by atoms with Crippen LogP contribution in [0.4, 0.5) is 0 Å². The fourth-order valence-electron chi connectivity index (χ4n) is 3.57. The van der Waals surface area contributed by atoms with Crippen LogP contribution in [0.15, 0.2) is 106 Å². The molecule has 0 aliphatic rings. The van der Waals surface area contributed by atoms with Crippen LogP contribution < -0.4 is 5.56 Å². The molecule has 3 aromatic carbocycles. The molecule has 0 spiro atoms. The van der Waals surface area contributed by atoms with Gasteiger partial charge in [0.1, 0.15) is 0 Å². The largest absolute Gasteiger partial charge is 0.321 e. The minimum Gasteiger partial charge on any atom is -0.321 e. The first kappa shape index (κ1) is 18.5. The average molecular weight is 453 g/mol. The first-order chi connectivity index (χ1) is 14.7. The number of rotatable bonds is 3. The maximum absolute atomic E-state index is 12.9. The van der Waals surface area contributed by atoms with Crippen LogP contribution in [0, 0.1) is 0 Å². The summed E-state index contributed by atoms with van der Waals surface area (Å²) < 4.78 is 1.01. The van der Waals surface area contributed by atoms with E-state index in [0.29, 0.717) is 5.56 Å². The van der Waals surface area contributed by atoms with E-state index in [9.17, 15) is 4.79 Å². The Morgan fingerprint density at radius 3 is 2.03 bits per heavy atom. The lowest BCUT2D eigenvalue weighted by molar-refractivity contribution is 1.29. The van der Waals surface area contributed by atoms with Crippen molar-refractivity contribution < 1.29 is 0 Å². The third kappa shape index (κ3) is 3.58. The van der Waals surface area contributed by atoms with Crippen molar-refractivity contribution in [2.75, 3.05) is 0 Å². The lowest BCUT2D eigenvalue weighted by Crippen LogP contribution is -2.09. The summed E-state index contributed by atoms with van der Waals surface area (Å²) in [5.41, 5.74) is 5.85. The van der Waals surface area contributed by atoms with Crippen LogP contribution in [0.2, 0.25) is 0 Å². The van der Waals surface area contributed by atoms with Gasteiger partial charge in [-0.25, -0.2) is 4.98 Å². The molecule has 0 unspecified atom stereocenters. The minimum atomic E-state index is -0.110. The van der Waals surface area contributed by atoms with Crippen LogP contribution in [-0.2, 0) is 0 Å². The summed E-state index contributed by atoms with van der Waals surface area (Å²) >= 11 is 3.49. The number of H-pyrrole nitrogens is 1. The number of aromatic nitrogens is 2. The molecule has 0 radical (unpaired) electrons. The fourth-order valence-corrected chi connectivity index (χ4v) is 3.84. The molecule has 0 bridgehead atoms. The number of hydrogen-bond acceptors (Lipinski definition) is 2. The minimum absolute atomic E-state index is 0.110. The molecule has 0 saturated heterocycles. The van der Waals surface area contributed by atoms with Crippen molar-refractivity contribution in [3.05, 3.63) is 112 Å². The molecule has 0 saturated carbocycles. The van der Waals surface area contributed by atoms with Crippen molar-refractivity contribution in [3.8, 4) is 33.6 Å². The number of hydrogen-bond donors (Lipinski definition) is 1. The molecular weight excluding hydrogens is 436 g/mol. The monoisotopic (exact) mass is 452 g/mol. The Kier molecular flexibility index (Phi) is 4.77. The maximum Gasteiger partial charge on any atom is 0.256 e. The average Bonchev–Trinajstić information content (AvgIpc) is 2.79. The van der Waals surface area contributed by atoms with Crippen molar-refractivity contribution in [1.82, 2.24) is 9.97 Å². The van der Waals surface area contributed by atoms with Crippen molar-refractivity contribution in [2.45, 2.75) is 0 Å². The molecule has 3 nitrogen and oxygen atoms in total. The molecular formula is C26H17BrN2O. The van der Waals surface area contributed by atoms with E-state index in [4.69, 9.17) is 4.98 Å². The highest BCUT2D eigenvalue weighted by molar-refractivity contribution is 9.10. The molecule has 5 aromatic rings. The van der Waals surface area contributed by atoms with Gasteiger partial charge in [-0.05, 0) is 47.3 Å². The molecule has 0 amide bonds. The van der Waals surface area contributed by atoms with E-state index >= 15 is 0 Å². The van der Waals surface area contributed by atoms with Gasteiger partial charge in [-0.1, -0.05) is 76.6 Å². The van der Waals surface area contributed by atoms with Gasteiger partial charge < -0.3 is 4.98 Å². The lowest BCUT2D eigenvalue weighted by Gasteiger charge is -2.11. The normalized spacial score (nSPS) is 11.0. The summed E-state index contributed by atoms with van der Waals surface area (Å²) in [5.74, 6) is 0. The fraction of sp³-hybridized carbons (Fsp3) is 0. The van der Waals surface area contributed by atoms with Crippen LogP contribution in [0.5, 0.6) is 0 Å². The highest BCUT2D eigenvalue weighted by Crippen LogP contribution is 2.30. The summed E-state index contributed by atoms with van der Waals surface area (Å²) in [6.07, 6.45) is 0. The predicted octanol–water partition coefficient (Wildman–Crippen LogP) is 6.69. The van der Waals surface area contributed by atoms with Gasteiger partial charge in [-0.2, -0.15) is 0 Å². The molecule has 5 rings (SSSR count). The number of fused-ring (bicyclic) bond motifs is 1. The Balaban J connectivity index is 1.75. The van der Waals surface area contributed by atoms with Crippen molar-refractivity contribution in [3.63, 3.8) is 0 Å². The first-order valence-corrected chi connectivity index (χ1v) is 10.4. The molecule has 0 fully saturated rings. The molecule has 1 N–H and O–H groups in total. The number of nitrogens with zero attached hydrogens (tertiary/aromatic N) is 1. The number of benzene rings is 3. The van der Waals surface area contributed by atoms with E-state index in [1.165, 1.54) is 0 Å². The Labute approximate surface area is 182 Å².